The summed E-state index contributed by atoms with van der Waals surface area (Å²) >= 11 is 0. The van der Waals surface area contributed by atoms with E-state index in [-0.39, 0.29) is 6.04 Å². The molecule has 0 saturated heterocycles. The zero-order valence-corrected chi connectivity index (χ0v) is 12.2. The van der Waals surface area contributed by atoms with Crippen LogP contribution in [-0.4, -0.2) is 23.8 Å². The van der Waals surface area contributed by atoms with Crippen molar-refractivity contribution in [1.82, 2.24) is 15.5 Å². The number of aromatic nitrogens is 2. The van der Waals surface area contributed by atoms with E-state index in [2.05, 4.69) is 22.4 Å². The largest absolute Gasteiger partial charge is 0.497 e. The Kier molecular flexibility index (Phi) is 5.12. The molecule has 0 spiro atoms. The van der Waals surface area contributed by atoms with Crippen molar-refractivity contribution in [3.8, 4) is 5.75 Å². The van der Waals surface area contributed by atoms with E-state index in [1.54, 1.807) is 7.11 Å². The van der Waals surface area contributed by atoms with Gasteiger partial charge in [-0.15, -0.1) is 0 Å². The van der Waals surface area contributed by atoms with Crippen molar-refractivity contribution < 1.29 is 9.26 Å². The van der Waals surface area contributed by atoms with Crippen LogP contribution in [0.1, 0.15) is 43.6 Å². The highest BCUT2D eigenvalue weighted by atomic mass is 16.5. The van der Waals surface area contributed by atoms with Crippen molar-refractivity contribution in [1.29, 1.82) is 0 Å². The van der Waals surface area contributed by atoms with Crippen LogP contribution in [0.4, 0.5) is 0 Å². The number of rotatable bonds is 7. The first-order valence-electron chi connectivity index (χ1n) is 6.91. The van der Waals surface area contributed by atoms with Crippen LogP contribution >= 0.6 is 0 Å². The second-order valence-corrected chi connectivity index (χ2v) is 4.75. The number of ether oxygens (including phenoxy) is 1. The van der Waals surface area contributed by atoms with Crippen LogP contribution in [0.5, 0.6) is 5.75 Å². The quantitative estimate of drug-likeness (QED) is 0.842. The lowest BCUT2D eigenvalue weighted by molar-refractivity contribution is 0.337. The molecule has 0 saturated carbocycles. The third-order valence-corrected chi connectivity index (χ3v) is 3.05. The van der Waals surface area contributed by atoms with Crippen LogP contribution in [-0.2, 0) is 6.42 Å². The molecule has 0 amide bonds. The number of nitrogens with one attached hydrogen (secondary N) is 1. The summed E-state index contributed by atoms with van der Waals surface area (Å²) in [5.41, 5.74) is 1.10. The van der Waals surface area contributed by atoms with E-state index in [9.17, 15) is 0 Å². The van der Waals surface area contributed by atoms with Gasteiger partial charge in [0.15, 0.2) is 5.82 Å². The molecule has 1 unspecified atom stereocenters. The Morgan fingerprint density at radius 1 is 1.40 bits per heavy atom. The van der Waals surface area contributed by atoms with Crippen molar-refractivity contribution in [2.75, 3.05) is 13.7 Å². The summed E-state index contributed by atoms with van der Waals surface area (Å²) < 4.78 is 10.5. The maximum atomic E-state index is 5.30. The van der Waals surface area contributed by atoms with Crippen LogP contribution in [0.2, 0.25) is 0 Å². The average molecular weight is 275 g/mol. The van der Waals surface area contributed by atoms with Gasteiger partial charge in [0, 0.05) is 6.42 Å². The number of benzene rings is 1. The molecule has 108 valence electrons. The van der Waals surface area contributed by atoms with Crippen molar-refractivity contribution in [2.24, 2.45) is 0 Å². The van der Waals surface area contributed by atoms with E-state index in [0.29, 0.717) is 18.1 Å². The lowest BCUT2D eigenvalue weighted by atomic mass is 10.1. The fraction of sp³-hybridized carbons (Fsp3) is 0.467. The molecule has 1 aromatic carbocycles. The van der Waals surface area contributed by atoms with Crippen LogP contribution in [0.3, 0.4) is 0 Å². The minimum absolute atomic E-state index is 0.0847. The van der Waals surface area contributed by atoms with Crippen molar-refractivity contribution >= 4 is 0 Å². The second-order valence-electron chi connectivity index (χ2n) is 4.75. The highest BCUT2D eigenvalue weighted by Gasteiger charge is 2.13. The first-order chi connectivity index (χ1) is 9.72. The Labute approximate surface area is 119 Å². The Bertz CT molecular complexity index is 539. The van der Waals surface area contributed by atoms with Crippen LogP contribution in [0, 0.1) is 0 Å². The van der Waals surface area contributed by atoms with Gasteiger partial charge in [0.2, 0.25) is 5.89 Å². The Balaban J connectivity index is 2.01. The molecule has 0 aliphatic heterocycles. The SMILES string of the molecule is CCCNC(C)c1nc(Cc2cccc(OC)c2)no1. The van der Waals surface area contributed by atoms with E-state index < -0.39 is 0 Å². The monoisotopic (exact) mass is 275 g/mol. The second kappa shape index (κ2) is 7.05. The topological polar surface area (TPSA) is 60.2 Å². The van der Waals surface area contributed by atoms with E-state index in [0.717, 1.165) is 24.3 Å². The van der Waals surface area contributed by atoms with Gasteiger partial charge in [-0.3, -0.25) is 0 Å². The summed E-state index contributed by atoms with van der Waals surface area (Å²) in [4.78, 5) is 4.43. The van der Waals surface area contributed by atoms with Crippen LogP contribution < -0.4 is 10.1 Å². The van der Waals surface area contributed by atoms with Gasteiger partial charge in [-0.05, 0) is 37.6 Å². The fourth-order valence-corrected chi connectivity index (χ4v) is 1.93. The molecule has 1 heterocycles. The number of nitrogens with zero attached hydrogens (tertiary/aromatic N) is 2. The van der Waals surface area contributed by atoms with Crippen molar-refractivity contribution in [3.05, 3.63) is 41.5 Å². The summed E-state index contributed by atoms with van der Waals surface area (Å²) in [6.07, 6.45) is 1.72. The van der Waals surface area contributed by atoms with Gasteiger partial charge in [0.25, 0.3) is 0 Å². The van der Waals surface area contributed by atoms with Crippen LogP contribution in [0.15, 0.2) is 28.8 Å². The normalized spacial score (nSPS) is 12.3. The zero-order chi connectivity index (χ0) is 14.4. The van der Waals surface area contributed by atoms with Gasteiger partial charge in [-0.2, -0.15) is 4.98 Å². The maximum absolute atomic E-state index is 5.30. The first kappa shape index (κ1) is 14.5. The molecule has 1 aromatic heterocycles. The zero-order valence-electron chi connectivity index (χ0n) is 12.2. The number of hydrogen-bond donors (Lipinski definition) is 1. The van der Waals surface area contributed by atoms with Crippen molar-refractivity contribution in [2.45, 2.75) is 32.7 Å². The van der Waals surface area contributed by atoms with Gasteiger partial charge >= 0.3 is 0 Å². The smallest absolute Gasteiger partial charge is 0.243 e. The summed E-state index contributed by atoms with van der Waals surface area (Å²) in [7, 11) is 1.66. The summed E-state index contributed by atoms with van der Waals surface area (Å²) in [6.45, 7) is 5.09. The molecule has 0 aliphatic rings. The lowest BCUT2D eigenvalue weighted by Crippen LogP contribution is -2.19. The Morgan fingerprint density at radius 2 is 2.25 bits per heavy atom. The van der Waals surface area contributed by atoms with Gasteiger partial charge < -0.3 is 14.6 Å². The highest BCUT2D eigenvalue weighted by molar-refractivity contribution is 5.30. The molecule has 2 aromatic rings. The molecule has 0 bridgehead atoms. The maximum Gasteiger partial charge on any atom is 0.243 e. The summed E-state index contributed by atoms with van der Waals surface area (Å²) in [5.74, 6) is 2.17. The highest BCUT2D eigenvalue weighted by Crippen LogP contribution is 2.16. The van der Waals surface area contributed by atoms with Crippen molar-refractivity contribution in [3.63, 3.8) is 0 Å². The number of hydrogen-bond acceptors (Lipinski definition) is 5. The standard InChI is InChI=1S/C15H21N3O2/c1-4-8-16-11(2)15-17-14(18-20-15)10-12-6-5-7-13(9-12)19-3/h5-7,9,11,16H,4,8,10H2,1-3H3. The average Bonchev–Trinajstić information content (AvgIpc) is 2.93. The van der Waals surface area contributed by atoms with E-state index in [1.165, 1.54) is 0 Å². The Morgan fingerprint density at radius 3 is 3.00 bits per heavy atom. The molecule has 1 N–H and O–H groups in total. The predicted molar refractivity (Wildman–Crippen MR) is 76.8 cm³/mol. The molecule has 0 fully saturated rings. The Hall–Kier alpha value is -1.88. The van der Waals surface area contributed by atoms with Gasteiger partial charge in [-0.1, -0.05) is 24.2 Å². The van der Waals surface area contributed by atoms with E-state index >= 15 is 0 Å². The van der Waals surface area contributed by atoms with E-state index in [4.69, 9.17) is 9.26 Å². The fourth-order valence-electron chi connectivity index (χ4n) is 1.93. The summed E-state index contributed by atoms with van der Waals surface area (Å²) in [5, 5.41) is 7.36. The van der Waals surface area contributed by atoms with E-state index in [1.807, 2.05) is 31.2 Å². The molecule has 2 rings (SSSR count). The third-order valence-electron chi connectivity index (χ3n) is 3.05. The molecule has 5 nitrogen and oxygen atoms in total. The lowest BCUT2D eigenvalue weighted by Gasteiger charge is -2.06. The molecular formula is C15H21N3O2. The predicted octanol–water partition coefficient (Wildman–Crippen LogP) is 2.73. The molecule has 1 atom stereocenters. The molecular weight excluding hydrogens is 254 g/mol. The third kappa shape index (κ3) is 3.81. The molecule has 20 heavy (non-hydrogen) atoms. The number of methoxy groups -OCH3 is 1. The van der Waals surface area contributed by atoms with Gasteiger partial charge in [0.05, 0.1) is 13.2 Å². The minimum atomic E-state index is 0.0847. The molecule has 0 aliphatic carbocycles. The first-order valence-corrected chi connectivity index (χ1v) is 6.91. The van der Waals surface area contributed by atoms with Crippen LogP contribution in [0.25, 0.3) is 0 Å². The van der Waals surface area contributed by atoms with Gasteiger partial charge in [0.1, 0.15) is 5.75 Å². The summed E-state index contributed by atoms with van der Waals surface area (Å²) in [6, 6.07) is 7.97. The molecule has 0 radical (unpaired) electrons. The minimum Gasteiger partial charge on any atom is -0.497 e. The van der Waals surface area contributed by atoms with Gasteiger partial charge in [-0.25, -0.2) is 0 Å². The molecule has 5 heteroatoms.